The third-order valence-corrected chi connectivity index (χ3v) is 3.97. The van der Waals surface area contributed by atoms with Crippen LogP contribution in [0.1, 0.15) is 18.5 Å². The molecule has 1 saturated heterocycles. The van der Waals surface area contributed by atoms with Gasteiger partial charge in [0, 0.05) is 38.9 Å². The van der Waals surface area contributed by atoms with E-state index in [1.54, 1.807) is 0 Å². The summed E-state index contributed by atoms with van der Waals surface area (Å²) in [5.74, 6) is -0.108. The number of aryl methyl sites for hydroxylation is 1. The molecule has 132 valence electrons. The molecule has 2 amide bonds. The number of piperidine rings is 1. The predicted molar refractivity (Wildman–Crippen MR) is 92.6 cm³/mol. The zero-order valence-electron chi connectivity index (χ0n) is 14.4. The molecule has 0 atom stereocenters. The first-order valence-corrected chi connectivity index (χ1v) is 8.02. The number of aliphatic carboxylic acids is 1. The largest absolute Gasteiger partial charge is 0.480 e. The number of rotatable bonds is 5. The predicted octanol–water partition coefficient (Wildman–Crippen LogP) is 1.13. The molecule has 2 rings (SSSR count). The van der Waals surface area contributed by atoms with Crippen LogP contribution in [0.2, 0.25) is 0 Å². The molecule has 0 aromatic carbocycles. The van der Waals surface area contributed by atoms with Crippen molar-refractivity contribution in [2.75, 3.05) is 43.9 Å². The van der Waals surface area contributed by atoms with Gasteiger partial charge in [-0.1, -0.05) is 0 Å². The number of carboxylic acid groups (broad SMARTS) is 1. The van der Waals surface area contributed by atoms with Crippen molar-refractivity contribution in [1.82, 2.24) is 15.2 Å². The minimum atomic E-state index is -0.817. The number of hydrogen-bond donors (Lipinski definition) is 3. The highest BCUT2D eigenvalue weighted by molar-refractivity contribution is 5.92. The fourth-order valence-corrected chi connectivity index (χ4v) is 2.75. The average molecular weight is 335 g/mol. The first kappa shape index (κ1) is 18.0. The zero-order chi connectivity index (χ0) is 17.7. The monoisotopic (exact) mass is 335 g/mol. The van der Waals surface area contributed by atoms with Crippen molar-refractivity contribution in [1.29, 1.82) is 0 Å². The fraction of sp³-hybridized carbons (Fsp3) is 0.562. The Labute approximate surface area is 141 Å². The van der Waals surface area contributed by atoms with Gasteiger partial charge in [0.2, 0.25) is 0 Å². The molecule has 1 aromatic heterocycles. The molecular formula is C16H25N5O3. The van der Waals surface area contributed by atoms with Crippen molar-refractivity contribution < 1.29 is 14.7 Å². The van der Waals surface area contributed by atoms with Crippen LogP contribution in [0.5, 0.6) is 0 Å². The van der Waals surface area contributed by atoms with Crippen molar-refractivity contribution in [3.05, 3.63) is 17.8 Å². The van der Waals surface area contributed by atoms with E-state index >= 15 is 0 Å². The minimum absolute atomic E-state index is 0.0521. The molecule has 3 N–H and O–H groups in total. The maximum Gasteiger partial charge on any atom is 0.319 e. The van der Waals surface area contributed by atoms with Crippen molar-refractivity contribution >= 4 is 23.5 Å². The minimum Gasteiger partial charge on any atom is -0.480 e. The highest BCUT2D eigenvalue weighted by Crippen LogP contribution is 2.22. The third kappa shape index (κ3) is 5.09. The van der Waals surface area contributed by atoms with E-state index in [1.807, 2.05) is 43.0 Å². The normalized spacial score (nSPS) is 15.8. The summed E-state index contributed by atoms with van der Waals surface area (Å²) in [6.07, 6.45) is 1.49. The summed E-state index contributed by atoms with van der Waals surface area (Å²) in [4.78, 5) is 31.1. The number of nitrogens with one attached hydrogen (secondary N) is 2. The number of likely N-dealkylation sites (tertiary alicyclic amines) is 1. The Bertz CT molecular complexity index is 597. The number of anilines is 2. The molecule has 1 aliphatic heterocycles. The summed E-state index contributed by atoms with van der Waals surface area (Å²) in [6.45, 7) is 3.31. The van der Waals surface area contributed by atoms with Crippen LogP contribution in [-0.2, 0) is 4.79 Å². The van der Waals surface area contributed by atoms with Gasteiger partial charge in [0.25, 0.3) is 0 Å². The van der Waals surface area contributed by atoms with Crippen molar-refractivity contribution in [2.45, 2.75) is 25.8 Å². The van der Waals surface area contributed by atoms with Crippen LogP contribution in [0.25, 0.3) is 0 Å². The molecule has 1 fully saturated rings. The summed E-state index contributed by atoms with van der Waals surface area (Å²) in [7, 11) is 3.76. The first-order chi connectivity index (χ1) is 11.3. The quantitative estimate of drug-likeness (QED) is 0.746. The molecule has 2 heterocycles. The van der Waals surface area contributed by atoms with Gasteiger partial charge in [-0.15, -0.1) is 0 Å². The Balaban J connectivity index is 1.87. The van der Waals surface area contributed by atoms with Gasteiger partial charge in [0.1, 0.15) is 0 Å². The summed E-state index contributed by atoms with van der Waals surface area (Å²) >= 11 is 0. The van der Waals surface area contributed by atoms with Crippen molar-refractivity contribution in [2.24, 2.45) is 0 Å². The van der Waals surface area contributed by atoms with Crippen LogP contribution >= 0.6 is 0 Å². The molecule has 0 unspecified atom stereocenters. The lowest BCUT2D eigenvalue weighted by atomic mass is 10.1. The maximum absolute atomic E-state index is 12.2. The van der Waals surface area contributed by atoms with Crippen LogP contribution in [0.4, 0.5) is 16.3 Å². The smallest absolute Gasteiger partial charge is 0.319 e. The molecule has 8 nitrogen and oxygen atoms in total. The number of amides is 2. The first-order valence-electron chi connectivity index (χ1n) is 8.02. The second kappa shape index (κ2) is 7.96. The van der Waals surface area contributed by atoms with Gasteiger partial charge in [-0.2, -0.15) is 0 Å². The average Bonchev–Trinajstić information content (AvgIpc) is 2.50. The molecule has 0 spiro atoms. The number of carboxylic acids is 1. The van der Waals surface area contributed by atoms with E-state index < -0.39 is 5.97 Å². The number of nitrogens with zero attached hydrogens (tertiary/aromatic N) is 3. The van der Waals surface area contributed by atoms with Gasteiger partial charge in [-0.3, -0.25) is 9.69 Å². The molecule has 0 radical (unpaired) electrons. The second-order valence-electron chi connectivity index (χ2n) is 6.26. The summed E-state index contributed by atoms with van der Waals surface area (Å²) in [5.41, 5.74) is 1.54. The van der Waals surface area contributed by atoms with Gasteiger partial charge < -0.3 is 20.6 Å². The Kier molecular flexibility index (Phi) is 5.97. The van der Waals surface area contributed by atoms with E-state index in [0.29, 0.717) is 24.6 Å². The Morgan fingerprint density at radius 2 is 2.00 bits per heavy atom. The van der Waals surface area contributed by atoms with Crippen molar-refractivity contribution in [3.8, 4) is 0 Å². The Hall–Kier alpha value is -2.35. The summed E-state index contributed by atoms with van der Waals surface area (Å²) < 4.78 is 0. The SMILES string of the molecule is Cc1ccc(NC(=O)NC2CCN(CC(=O)O)CC2)c(N(C)C)n1. The van der Waals surface area contributed by atoms with Gasteiger partial charge in [-0.25, -0.2) is 9.78 Å². The summed E-state index contributed by atoms with van der Waals surface area (Å²) in [5, 5.41) is 14.6. The van der Waals surface area contributed by atoms with E-state index in [2.05, 4.69) is 15.6 Å². The molecule has 0 aliphatic carbocycles. The molecular weight excluding hydrogens is 310 g/mol. The van der Waals surface area contributed by atoms with Crippen LogP contribution in [0.3, 0.4) is 0 Å². The van der Waals surface area contributed by atoms with Crippen LogP contribution in [0.15, 0.2) is 12.1 Å². The van der Waals surface area contributed by atoms with Gasteiger partial charge in [0.05, 0.1) is 12.2 Å². The highest BCUT2D eigenvalue weighted by Gasteiger charge is 2.22. The Morgan fingerprint density at radius 1 is 1.33 bits per heavy atom. The van der Waals surface area contributed by atoms with E-state index in [-0.39, 0.29) is 18.6 Å². The molecule has 24 heavy (non-hydrogen) atoms. The van der Waals surface area contributed by atoms with E-state index in [0.717, 1.165) is 18.5 Å². The maximum atomic E-state index is 12.2. The zero-order valence-corrected chi connectivity index (χ0v) is 14.4. The molecule has 8 heteroatoms. The van der Waals surface area contributed by atoms with Gasteiger partial charge in [0.15, 0.2) is 5.82 Å². The number of carbonyl (C=O) groups excluding carboxylic acids is 1. The third-order valence-electron chi connectivity index (χ3n) is 3.97. The fourth-order valence-electron chi connectivity index (χ4n) is 2.75. The molecule has 1 aromatic rings. The number of hydrogen-bond acceptors (Lipinski definition) is 5. The van der Waals surface area contributed by atoms with Crippen LogP contribution in [-0.4, -0.2) is 66.8 Å². The van der Waals surface area contributed by atoms with Gasteiger partial charge >= 0.3 is 12.0 Å². The molecule has 0 bridgehead atoms. The number of pyridine rings is 1. The van der Waals surface area contributed by atoms with Crippen LogP contribution < -0.4 is 15.5 Å². The second-order valence-corrected chi connectivity index (χ2v) is 6.26. The lowest BCUT2D eigenvalue weighted by molar-refractivity contribution is -0.138. The van der Waals surface area contributed by atoms with Gasteiger partial charge in [-0.05, 0) is 31.9 Å². The standard InChI is InChI=1S/C16H25N5O3/c1-11-4-5-13(15(17-11)20(2)3)19-16(24)18-12-6-8-21(9-7-12)10-14(22)23/h4-5,12H,6-10H2,1-3H3,(H,22,23)(H2,18,19,24). The topological polar surface area (TPSA) is 97.8 Å². The number of aromatic nitrogens is 1. The van der Waals surface area contributed by atoms with E-state index in [1.165, 1.54) is 0 Å². The highest BCUT2D eigenvalue weighted by atomic mass is 16.4. The van der Waals surface area contributed by atoms with Crippen LogP contribution in [0, 0.1) is 6.92 Å². The number of urea groups is 1. The van der Waals surface area contributed by atoms with E-state index in [9.17, 15) is 9.59 Å². The van der Waals surface area contributed by atoms with E-state index in [4.69, 9.17) is 5.11 Å². The molecule has 0 saturated carbocycles. The number of carbonyl (C=O) groups is 2. The lowest BCUT2D eigenvalue weighted by Crippen LogP contribution is -2.47. The molecule has 1 aliphatic rings. The van der Waals surface area contributed by atoms with Crippen molar-refractivity contribution in [3.63, 3.8) is 0 Å². The lowest BCUT2D eigenvalue weighted by Gasteiger charge is -2.31. The Morgan fingerprint density at radius 3 is 2.58 bits per heavy atom. The summed E-state index contributed by atoms with van der Waals surface area (Å²) in [6, 6.07) is 3.48.